The van der Waals surface area contributed by atoms with Crippen LogP contribution >= 0.6 is 34.7 Å². The first-order valence-electron chi connectivity index (χ1n) is 3.76. The highest BCUT2D eigenvalue weighted by molar-refractivity contribution is 7.98. The van der Waals surface area contributed by atoms with Gasteiger partial charge in [0.25, 0.3) is 0 Å². The normalized spacial score (nSPS) is 10.0. The number of carbonyl (C=O) groups excluding carboxylic acids is 1. The van der Waals surface area contributed by atoms with Crippen molar-refractivity contribution in [1.29, 1.82) is 0 Å². The lowest BCUT2D eigenvalue weighted by molar-refractivity contribution is -0.115. The molecule has 0 radical (unpaired) electrons. The van der Waals surface area contributed by atoms with Gasteiger partial charge in [-0.2, -0.15) is 11.8 Å². The van der Waals surface area contributed by atoms with E-state index in [9.17, 15) is 4.79 Å². The van der Waals surface area contributed by atoms with Crippen LogP contribution in [0.15, 0.2) is 11.4 Å². The summed E-state index contributed by atoms with van der Waals surface area (Å²) in [5, 5.41) is 4.60. The third-order valence-electron chi connectivity index (χ3n) is 1.43. The van der Waals surface area contributed by atoms with Gasteiger partial charge < -0.3 is 5.32 Å². The van der Waals surface area contributed by atoms with E-state index in [2.05, 4.69) is 5.32 Å². The molecule has 0 atom stereocenters. The standard InChI is InChI=1S/C8H10ClNOS2/c1-12-4-3-7(11)10-6-2-5-13-8(6)9/h2,5H,3-4H2,1H3,(H,10,11). The molecule has 0 bridgehead atoms. The van der Waals surface area contributed by atoms with Crippen LogP contribution in [0.25, 0.3) is 0 Å². The van der Waals surface area contributed by atoms with Crippen LogP contribution in [0.1, 0.15) is 6.42 Å². The highest BCUT2D eigenvalue weighted by Crippen LogP contribution is 2.27. The minimum Gasteiger partial charge on any atom is -0.324 e. The molecule has 1 aromatic rings. The van der Waals surface area contributed by atoms with E-state index in [-0.39, 0.29) is 5.91 Å². The quantitative estimate of drug-likeness (QED) is 0.869. The van der Waals surface area contributed by atoms with E-state index >= 15 is 0 Å². The van der Waals surface area contributed by atoms with Gasteiger partial charge in [-0.15, -0.1) is 11.3 Å². The second kappa shape index (κ2) is 5.52. The summed E-state index contributed by atoms with van der Waals surface area (Å²) >= 11 is 8.89. The number of thioether (sulfide) groups is 1. The lowest BCUT2D eigenvalue weighted by atomic mass is 10.4. The molecular weight excluding hydrogens is 226 g/mol. The number of anilines is 1. The largest absolute Gasteiger partial charge is 0.324 e. The molecule has 0 aliphatic rings. The Labute approximate surface area is 90.7 Å². The lowest BCUT2D eigenvalue weighted by Gasteiger charge is -2.01. The molecule has 1 aromatic heterocycles. The molecule has 1 heterocycles. The summed E-state index contributed by atoms with van der Waals surface area (Å²) < 4.78 is 0.637. The zero-order chi connectivity index (χ0) is 9.68. The van der Waals surface area contributed by atoms with Crippen molar-refractivity contribution < 1.29 is 4.79 Å². The lowest BCUT2D eigenvalue weighted by Crippen LogP contribution is -2.11. The van der Waals surface area contributed by atoms with Gasteiger partial charge in [0.15, 0.2) is 0 Å². The fourth-order valence-electron chi connectivity index (χ4n) is 0.789. The summed E-state index contributed by atoms with van der Waals surface area (Å²) in [6.07, 6.45) is 2.51. The molecule has 72 valence electrons. The Morgan fingerprint density at radius 2 is 2.54 bits per heavy atom. The first-order chi connectivity index (χ1) is 6.24. The second-order valence-corrected chi connectivity index (χ2v) is 4.90. The van der Waals surface area contributed by atoms with Gasteiger partial charge in [-0.1, -0.05) is 11.6 Å². The SMILES string of the molecule is CSCCC(=O)Nc1ccsc1Cl. The number of rotatable bonds is 4. The minimum absolute atomic E-state index is 0.0228. The maximum Gasteiger partial charge on any atom is 0.225 e. The highest BCUT2D eigenvalue weighted by Gasteiger charge is 2.05. The van der Waals surface area contributed by atoms with E-state index in [4.69, 9.17) is 11.6 Å². The molecule has 2 nitrogen and oxygen atoms in total. The van der Waals surface area contributed by atoms with E-state index < -0.39 is 0 Å². The van der Waals surface area contributed by atoms with E-state index in [1.807, 2.05) is 17.7 Å². The van der Waals surface area contributed by atoms with E-state index in [0.29, 0.717) is 10.8 Å². The maximum atomic E-state index is 11.2. The second-order valence-electron chi connectivity index (χ2n) is 2.40. The number of thiophene rings is 1. The molecular formula is C8H10ClNOS2. The molecule has 0 spiro atoms. The average molecular weight is 236 g/mol. The molecule has 5 heteroatoms. The zero-order valence-electron chi connectivity index (χ0n) is 7.17. The molecule has 1 rings (SSSR count). The fourth-order valence-corrected chi connectivity index (χ4v) is 2.01. The summed E-state index contributed by atoms with van der Waals surface area (Å²) in [4.78, 5) is 11.2. The van der Waals surface area contributed by atoms with Crippen LogP contribution in [0.3, 0.4) is 0 Å². The number of hydrogen-bond acceptors (Lipinski definition) is 3. The van der Waals surface area contributed by atoms with Crippen LogP contribution in [0.2, 0.25) is 4.34 Å². The van der Waals surface area contributed by atoms with Crippen molar-refractivity contribution in [3.8, 4) is 0 Å². The van der Waals surface area contributed by atoms with E-state index in [0.717, 1.165) is 11.4 Å². The van der Waals surface area contributed by atoms with Crippen LogP contribution in [-0.4, -0.2) is 17.9 Å². The van der Waals surface area contributed by atoms with Crippen molar-refractivity contribution >= 4 is 46.3 Å². The van der Waals surface area contributed by atoms with Crippen molar-refractivity contribution in [3.63, 3.8) is 0 Å². The van der Waals surface area contributed by atoms with Crippen LogP contribution in [0.5, 0.6) is 0 Å². The topological polar surface area (TPSA) is 29.1 Å². The van der Waals surface area contributed by atoms with Crippen molar-refractivity contribution in [2.24, 2.45) is 0 Å². The van der Waals surface area contributed by atoms with Crippen LogP contribution in [0, 0.1) is 0 Å². The van der Waals surface area contributed by atoms with E-state index in [1.165, 1.54) is 11.3 Å². The Balaban J connectivity index is 2.41. The van der Waals surface area contributed by atoms with Gasteiger partial charge in [0.05, 0.1) is 5.69 Å². The third kappa shape index (κ3) is 3.58. The molecule has 0 aliphatic heterocycles. The Hall–Kier alpha value is -0.190. The summed E-state index contributed by atoms with van der Waals surface area (Å²) in [5.74, 6) is 0.864. The van der Waals surface area contributed by atoms with E-state index in [1.54, 1.807) is 11.8 Å². The van der Waals surface area contributed by atoms with Gasteiger partial charge in [0.2, 0.25) is 5.91 Å². The molecule has 1 N–H and O–H groups in total. The monoisotopic (exact) mass is 235 g/mol. The smallest absolute Gasteiger partial charge is 0.225 e. The average Bonchev–Trinajstić information content (AvgIpc) is 2.48. The number of halogens is 1. The predicted molar refractivity (Wildman–Crippen MR) is 61.0 cm³/mol. The predicted octanol–water partition coefficient (Wildman–Crippen LogP) is 3.09. The number of amides is 1. The molecule has 0 saturated carbocycles. The van der Waals surface area contributed by atoms with Crippen LogP contribution in [-0.2, 0) is 4.79 Å². The van der Waals surface area contributed by atoms with Gasteiger partial charge in [0, 0.05) is 12.2 Å². The number of nitrogens with one attached hydrogen (secondary N) is 1. The van der Waals surface area contributed by atoms with Gasteiger partial charge in [-0.25, -0.2) is 0 Å². The first-order valence-corrected chi connectivity index (χ1v) is 6.41. The molecule has 0 aliphatic carbocycles. The number of carbonyl (C=O) groups is 1. The van der Waals surface area contributed by atoms with Gasteiger partial charge in [-0.3, -0.25) is 4.79 Å². The Bertz CT molecular complexity index is 287. The molecule has 0 saturated heterocycles. The van der Waals surface area contributed by atoms with Gasteiger partial charge >= 0.3 is 0 Å². The molecule has 1 amide bonds. The first kappa shape index (κ1) is 10.9. The summed E-state index contributed by atoms with van der Waals surface area (Å²) in [6.45, 7) is 0. The van der Waals surface area contributed by atoms with Gasteiger partial charge in [-0.05, 0) is 17.7 Å². The van der Waals surface area contributed by atoms with Crippen molar-refractivity contribution in [2.75, 3.05) is 17.3 Å². The van der Waals surface area contributed by atoms with Crippen LogP contribution < -0.4 is 5.32 Å². The van der Waals surface area contributed by atoms with Crippen LogP contribution in [0.4, 0.5) is 5.69 Å². The highest BCUT2D eigenvalue weighted by atomic mass is 35.5. The molecule has 0 unspecified atom stereocenters. The third-order valence-corrected chi connectivity index (χ3v) is 3.21. The Kier molecular flexibility index (Phi) is 4.62. The molecule has 13 heavy (non-hydrogen) atoms. The Morgan fingerprint density at radius 3 is 3.08 bits per heavy atom. The summed E-state index contributed by atoms with van der Waals surface area (Å²) in [5.41, 5.74) is 0.720. The maximum absolute atomic E-state index is 11.2. The molecule has 0 fully saturated rings. The zero-order valence-corrected chi connectivity index (χ0v) is 9.56. The molecule has 0 aromatic carbocycles. The van der Waals surface area contributed by atoms with Crippen molar-refractivity contribution in [3.05, 3.63) is 15.8 Å². The summed E-state index contributed by atoms with van der Waals surface area (Å²) in [6, 6.07) is 1.81. The van der Waals surface area contributed by atoms with Crippen molar-refractivity contribution in [2.45, 2.75) is 6.42 Å². The van der Waals surface area contributed by atoms with Crippen molar-refractivity contribution in [1.82, 2.24) is 0 Å². The summed E-state index contributed by atoms with van der Waals surface area (Å²) in [7, 11) is 0. The van der Waals surface area contributed by atoms with Gasteiger partial charge in [0.1, 0.15) is 4.34 Å². The Morgan fingerprint density at radius 1 is 1.77 bits per heavy atom. The fraction of sp³-hybridized carbons (Fsp3) is 0.375. The number of hydrogen-bond donors (Lipinski definition) is 1. The minimum atomic E-state index is 0.0228.